The molecule has 2 N–H and O–H groups in total. The maximum Gasteiger partial charge on any atom is 0.321 e. The van der Waals surface area contributed by atoms with Gasteiger partial charge in [-0.25, -0.2) is 4.79 Å². The van der Waals surface area contributed by atoms with Crippen LogP contribution in [0.3, 0.4) is 0 Å². The second kappa shape index (κ2) is 8.76. The third kappa shape index (κ3) is 5.45. The Labute approximate surface area is 139 Å². The number of imide groups is 1. The number of carbonyl (C=O) groups excluding carboxylic acids is 3. The second-order valence-electron chi connectivity index (χ2n) is 5.12. The lowest BCUT2D eigenvalue weighted by molar-refractivity contribution is -0.147. The van der Waals surface area contributed by atoms with E-state index in [1.807, 2.05) is 6.92 Å². The van der Waals surface area contributed by atoms with Crippen LogP contribution >= 0.6 is 0 Å². The predicted molar refractivity (Wildman–Crippen MR) is 83.9 cm³/mol. The van der Waals surface area contributed by atoms with Crippen molar-refractivity contribution in [2.75, 3.05) is 26.4 Å². The number of urea groups is 1. The zero-order valence-corrected chi connectivity index (χ0v) is 13.4. The first kappa shape index (κ1) is 17.6. The first-order chi connectivity index (χ1) is 11.6. The molecule has 0 saturated heterocycles. The minimum atomic E-state index is -0.681. The van der Waals surface area contributed by atoms with Crippen molar-refractivity contribution in [1.29, 1.82) is 0 Å². The van der Waals surface area contributed by atoms with Crippen molar-refractivity contribution in [1.82, 2.24) is 10.6 Å². The van der Waals surface area contributed by atoms with E-state index >= 15 is 0 Å². The molecule has 1 aromatic carbocycles. The summed E-state index contributed by atoms with van der Waals surface area (Å²) < 4.78 is 15.7. The fourth-order valence-electron chi connectivity index (χ4n) is 2.01. The SMILES string of the molecule is CCCNC(=O)NC(=O)COC(=O)Cc1ccc2c(c1)OCCO2. The van der Waals surface area contributed by atoms with Crippen LogP contribution in [0.4, 0.5) is 4.79 Å². The molecule has 0 bridgehead atoms. The highest BCUT2D eigenvalue weighted by atomic mass is 16.6. The van der Waals surface area contributed by atoms with Crippen molar-refractivity contribution in [2.24, 2.45) is 0 Å². The first-order valence-electron chi connectivity index (χ1n) is 7.70. The van der Waals surface area contributed by atoms with Gasteiger partial charge in [-0.1, -0.05) is 13.0 Å². The zero-order valence-electron chi connectivity index (χ0n) is 13.4. The number of nitrogens with one attached hydrogen (secondary N) is 2. The standard InChI is InChI=1S/C16H20N2O6/c1-2-5-17-16(21)18-14(19)10-24-15(20)9-11-3-4-12-13(8-11)23-7-6-22-12/h3-4,8H,2,5-7,9-10H2,1H3,(H2,17,18,19,21). The zero-order chi connectivity index (χ0) is 17.4. The van der Waals surface area contributed by atoms with E-state index in [0.717, 1.165) is 6.42 Å². The lowest BCUT2D eigenvalue weighted by Crippen LogP contribution is -2.41. The highest BCUT2D eigenvalue weighted by Gasteiger charge is 2.15. The molecule has 1 aliphatic rings. The number of carbonyl (C=O) groups is 3. The van der Waals surface area contributed by atoms with Crippen LogP contribution in [0.2, 0.25) is 0 Å². The van der Waals surface area contributed by atoms with Gasteiger partial charge in [0.1, 0.15) is 13.2 Å². The molecule has 1 heterocycles. The molecule has 0 radical (unpaired) electrons. The van der Waals surface area contributed by atoms with Crippen LogP contribution < -0.4 is 20.1 Å². The molecule has 1 aliphatic heterocycles. The van der Waals surface area contributed by atoms with Crippen LogP contribution in [0, 0.1) is 0 Å². The van der Waals surface area contributed by atoms with Crippen LogP contribution in [0.5, 0.6) is 11.5 Å². The van der Waals surface area contributed by atoms with Crippen LogP contribution in [0.1, 0.15) is 18.9 Å². The van der Waals surface area contributed by atoms with Gasteiger partial charge in [-0.2, -0.15) is 0 Å². The van der Waals surface area contributed by atoms with Gasteiger partial charge in [0, 0.05) is 6.54 Å². The van der Waals surface area contributed by atoms with Gasteiger partial charge >= 0.3 is 12.0 Å². The molecular formula is C16H20N2O6. The molecule has 0 spiro atoms. The van der Waals surface area contributed by atoms with Crippen molar-refractivity contribution < 1.29 is 28.6 Å². The molecule has 0 atom stereocenters. The van der Waals surface area contributed by atoms with Crippen LogP contribution in [0.25, 0.3) is 0 Å². The molecule has 3 amide bonds. The van der Waals surface area contributed by atoms with Crippen LogP contribution in [0.15, 0.2) is 18.2 Å². The first-order valence-corrected chi connectivity index (χ1v) is 7.70. The highest BCUT2D eigenvalue weighted by molar-refractivity contribution is 5.95. The Hall–Kier alpha value is -2.77. The van der Waals surface area contributed by atoms with Gasteiger partial charge in [-0.3, -0.25) is 14.9 Å². The maximum atomic E-state index is 11.8. The fraction of sp³-hybridized carbons (Fsp3) is 0.438. The third-order valence-corrected chi connectivity index (χ3v) is 3.11. The second-order valence-corrected chi connectivity index (χ2v) is 5.12. The number of benzene rings is 1. The molecule has 0 saturated carbocycles. The Kier molecular flexibility index (Phi) is 6.41. The van der Waals surface area contributed by atoms with E-state index in [9.17, 15) is 14.4 Å². The van der Waals surface area contributed by atoms with Gasteiger partial charge in [-0.15, -0.1) is 0 Å². The van der Waals surface area contributed by atoms with Crippen LogP contribution in [-0.4, -0.2) is 44.3 Å². The quantitative estimate of drug-likeness (QED) is 0.744. The number of hydrogen-bond acceptors (Lipinski definition) is 6. The number of fused-ring (bicyclic) bond motifs is 1. The topological polar surface area (TPSA) is 103 Å². The maximum absolute atomic E-state index is 11.8. The Morgan fingerprint density at radius 1 is 1.17 bits per heavy atom. The van der Waals surface area contributed by atoms with E-state index in [4.69, 9.17) is 14.2 Å². The summed E-state index contributed by atoms with van der Waals surface area (Å²) in [5.41, 5.74) is 0.686. The third-order valence-electron chi connectivity index (χ3n) is 3.11. The molecular weight excluding hydrogens is 316 g/mol. The minimum Gasteiger partial charge on any atom is -0.486 e. The average molecular weight is 336 g/mol. The molecule has 24 heavy (non-hydrogen) atoms. The Morgan fingerprint density at radius 3 is 2.67 bits per heavy atom. The van der Waals surface area contributed by atoms with E-state index in [0.29, 0.717) is 36.8 Å². The molecule has 8 heteroatoms. The Morgan fingerprint density at radius 2 is 1.92 bits per heavy atom. The van der Waals surface area contributed by atoms with Gasteiger partial charge < -0.3 is 19.5 Å². The summed E-state index contributed by atoms with van der Waals surface area (Å²) in [7, 11) is 0. The van der Waals surface area contributed by atoms with Gasteiger partial charge in [0.2, 0.25) is 0 Å². The number of esters is 1. The van der Waals surface area contributed by atoms with E-state index in [-0.39, 0.29) is 6.42 Å². The summed E-state index contributed by atoms with van der Waals surface area (Å²) in [5.74, 6) is -0.0392. The summed E-state index contributed by atoms with van der Waals surface area (Å²) in [6.07, 6.45) is 0.748. The Bertz CT molecular complexity index is 617. The molecule has 1 aromatic rings. The molecule has 0 fully saturated rings. The van der Waals surface area contributed by atoms with E-state index in [1.165, 1.54) is 0 Å². The van der Waals surface area contributed by atoms with Crippen molar-refractivity contribution in [3.05, 3.63) is 23.8 Å². The minimum absolute atomic E-state index is 0.00798. The predicted octanol–water partition coefficient (Wildman–Crippen LogP) is 0.779. The molecule has 130 valence electrons. The summed E-state index contributed by atoms with van der Waals surface area (Å²) in [6, 6.07) is 4.55. The van der Waals surface area contributed by atoms with Crippen molar-refractivity contribution >= 4 is 17.9 Å². The molecule has 0 aromatic heterocycles. The van der Waals surface area contributed by atoms with Crippen LogP contribution in [-0.2, 0) is 20.7 Å². The number of ether oxygens (including phenoxy) is 3. The van der Waals surface area contributed by atoms with Gasteiger partial charge in [0.05, 0.1) is 6.42 Å². The summed E-state index contributed by atoms with van der Waals surface area (Å²) in [5, 5.41) is 4.55. The lowest BCUT2D eigenvalue weighted by atomic mass is 10.1. The average Bonchev–Trinajstić information content (AvgIpc) is 2.58. The number of rotatable bonds is 6. The summed E-state index contributed by atoms with van der Waals surface area (Å²) >= 11 is 0. The lowest BCUT2D eigenvalue weighted by Gasteiger charge is -2.18. The highest BCUT2D eigenvalue weighted by Crippen LogP contribution is 2.30. The Balaban J connectivity index is 1.75. The van der Waals surface area contributed by atoms with Crippen molar-refractivity contribution in [2.45, 2.75) is 19.8 Å². The molecule has 8 nitrogen and oxygen atoms in total. The van der Waals surface area contributed by atoms with Gasteiger partial charge in [-0.05, 0) is 24.1 Å². The molecule has 2 rings (SSSR count). The summed E-state index contributed by atoms with van der Waals surface area (Å²) in [6.45, 7) is 2.80. The number of amides is 3. The van der Waals surface area contributed by atoms with Crippen molar-refractivity contribution in [3.8, 4) is 11.5 Å². The molecule has 0 unspecified atom stereocenters. The van der Waals surface area contributed by atoms with Gasteiger partial charge in [0.25, 0.3) is 5.91 Å². The fourth-order valence-corrected chi connectivity index (χ4v) is 2.01. The monoisotopic (exact) mass is 336 g/mol. The van der Waals surface area contributed by atoms with E-state index in [1.54, 1.807) is 18.2 Å². The number of hydrogen-bond donors (Lipinski definition) is 2. The van der Waals surface area contributed by atoms with E-state index in [2.05, 4.69) is 10.6 Å². The van der Waals surface area contributed by atoms with E-state index < -0.39 is 24.5 Å². The smallest absolute Gasteiger partial charge is 0.321 e. The summed E-state index contributed by atoms with van der Waals surface area (Å²) in [4.78, 5) is 34.5. The molecule has 0 aliphatic carbocycles. The van der Waals surface area contributed by atoms with Gasteiger partial charge in [0.15, 0.2) is 18.1 Å². The largest absolute Gasteiger partial charge is 0.486 e. The normalized spacial score (nSPS) is 12.2. The van der Waals surface area contributed by atoms with Crippen molar-refractivity contribution in [3.63, 3.8) is 0 Å².